The zero-order chi connectivity index (χ0) is 15.6. The van der Waals surface area contributed by atoms with Gasteiger partial charge in [-0.25, -0.2) is 13.6 Å². The predicted octanol–water partition coefficient (Wildman–Crippen LogP) is 1.94. The number of anilines is 1. The second kappa shape index (κ2) is 5.80. The van der Waals surface area contributed by atoms with Crippen LogP contribution in [0.3, 0.4) is 0 Å². The zero-order valence-corrected chi connectivity index (χ0v) is 12.6. The first kappa shape index (κ1) is 15.4. The van der Waals surface area contributed by atoms with Gasteiger partial charge in [0.2, 0.25) is 10.0 Å². The third-order valence-corrected chi connectivity index (χ3v) is 3.98. The highest BCUT2D eigenvalue weighted by atomic mass is 35.5. The molecule has 8 heteroatoms. The van der Waals surface area contributed by atoms with Crippen molar-refractivity contribution in [3.8, 4) is 0 Å². The normalized spacial score (nSPS) is 11.2. The minimum Gasteiger partial charge on any atom is -0.319 e. The molecule has 0 bridgehead atoms. The van der Waals surface area contributed by atoms with E-state index in [1.807, 2.05) is 0 Å². The fourth-order valence-electron chi connectivity index (χ4n) is 1.68. The molecule has 0 atom stereocenters. The van der Waals surface area contributed by atoms with Crippen LogP contribution in [0.15, 0.2) is 41.4 Å². The molecule has 0 spiro atoms. The van der Waals surface area contributed by atoms with Gasteiger partial charge in [-0.2, -0.15) is 0 Å². The topological polar surface area (TPSA) is 102 Å². The lowest BCUT2D eigenvalue weighted by Crippen LogP contribution is -2.17. The van der Waals surface area contributed by atoms with Gasteiger partial charge in [-0.3, -0.25) is 9.78 Å². The molecule has 2 rings (SSSR count). The molecule has 110 valence electrons. The van der Waals surface area contributed by atoms with Gasteiger partial charge in [0, 0.05) is 6.20 Å². The molecule has 1 heterocycles. The summed E-state index contributed by atoms with van der Waals surface area (Å²) >= 11 is 5.95. The lowest BCUT2D eigenvalue weighted by molar-refractivity contribution is 0.102. The van der Waals surface area contributed by atoms with Gasteiger partial charge in [-0.1, -0.05) is 17.7 Å². The molecule has 3 N–H and O–H groups in total. The van der Waals surface area contributed by atoms with Crippen LogP contribution in [0, 0.1) is 6.92 Å². The summed E-state index contributed by atoms with van der Waals surface area (Å²) in [5.74, 6) is -0.485. The first-order chi connectivity index (χ1) is 9.79. The molecule has 0 aliphatic carbocycles. The van der Waals surface area contributed by atoms with Gasteiger partial charge in [-0.05, 0) is 36.8 Å². The number of sulfonamides is 1. The quantitative estimate of drug-likeness (QED) is 0.900. The van der Waals surface area contributed by atoms with Crippen LogP contribution in [0.25, 0.3) is 0 Å². The summed E-state index contributed by atoms with van der Waals surface area (Å²) in [5, 5.41) is 7.77. The largest absolute Gasteiger partial charge is 0.319 e. The number of rotatable bonds is 3. The summed E-state index contributed by atoms with van der Waals surface area (Å²) in [4.78, 5) is 16.0. The highest BCUT2D eigenvalue weighted by molar-refractivity contribution is 7.89. The number of nitrogens with two attached hydrogens (primary N) is 1. The van der Waals surface area contributed by atoms with E-state index in [0.29, 0.717) is 5.56 Å². The first-order valence-corrected chi connectivity index (χ1v) is 7.77. The van der Waals surface area contributed by atoms with E-state index in [0.717, 1.165) is 0 Å². The molecule has 21 heavy (non-hydrogen) atoms. The Labute approximate surface area is 127 Å². The monoisotopic (exact) mass is 325 g/mol. The van der Waals surface area contributed by atoms with E-state index in [9.17, 15) is 13.2 Å². The average Bonchev–Trinajstić information content (AvgIpc) is 2.40. The summed E-state index contributed by atoms with van der Waals surface area (Å²) in [6, 6.07) is 7.26. The number of amides is 1. The number of halogens is 1. The minimum absolute atomic E-state index is 0.139. The number of carbonyl (C=O) groups is 1. The molecule has 0 fully saturated rings. The van der Waals surface area contributed by atoms with E-state index < -0.39 is 15.9 Å². The number of hydrogen-bond acceptors (Lipinski definition) is 4. The Morgan fingerprint density at radius 2 is 2.05 bits per heavy atom. The summed E-state index contributed by atoms with van der Waals surface area (Å²) in [6.07, 6.45) is 1.49. The Balaban J connectivity index is 2.36. The Bertz CT molecular complexity index is 806. The van der Waals surface area contributed by atoms with Gasteiger partial charge in [0.05, 0.1) is 15.6 Å². The summed E-state index contributed by atoms with van der Waals surface area (Å²) < 4.78 is 22.6. The Hall–Kier alpha value is -1.96. The number of nitrogens with one attached hydrogen (secondary N) is 1. The molecule has 2 aromatic rings. The van der Waals surface area contributed by atoms with Crippen molar-refractivity contribution >= 4 is 33.2 Å². The molecule has 0 aliphatic heterocycles. The summed E-state index contributed by atoms with van der Waals surface area (Å²) in [6.45, 7) is 1.74. The summed E-state index contributed by atoms with van der Waals surface area (Å²) in [5.41, 5.74) is 1.07. The second-order valence-electron chi connectivity index (χ2n) is 4.31. The van der Waals surface area contributed by atoms with E-state index in [2.05, 4.69) is 10.3 Å². The molecule has 1 aromatic heterocycles. The molecular formula is C13H12ClN3O3S. The van der Waals surface area contributed by atoms with Crippen molar-refractivity contribution in [3.63, 3.8) is 0 Å². The third kappa shape index (κ3) is 3.57. The van der Waals surface area contributed by atoms with E-state index in [1.54, 1.807) is 19.1 Å². The number of benzene rings is 1. The van der Waals surface area contributed by atoms with Crippen molar-refractivity contribution in [1.29, 1.82) is 0 Å². The van der Waals surface area contributed by atoms with Crippen LogP contribution in [-0.2, 0) is 10.0 Å². The molecule has 1 amide bonds. The number of aryl methyl sites for hydroxylation is 1. The Kier molecular flexibility index (Phi) is 4.26. The van der Waals surface area contributed by atoms with Gasteiger partial charge in [0.25, 0.3) is 5.91 Å². The highest BCUT2D eigenvalue weighted by Gasteiger charge is 2.15. The van der Waals surface area contributed by atoms with Crippen LogP contribution in [0.2, 0.25) is 5.02 Å². The van der Waals surface area contributed by atoms with Crippen LogP contribution in [0.1, 0.15) is 16.1 Å². The zero-order valence-electron chi connectivity index (χ0n) is 11.0. The Morgan fingerprint density at radius 1 is 1.33 bits per heavy atom. The lowest BCUT2D eigenvalue weighted by atomic mass is 10.2. The Morgan fingerprint density at radius 3 is 2.67 bits per heavy atom. The minimum atomic E-state index is -3.88. The molecule has 0 saturated carbocycles. The molecule has 0 aliphatic rings. The number of primary sulfonamides is 1. The van der Waals surface area contributed by atoms with Crippen LogP contribution >= 0.6 is 11.6 Å². The van der Waals surface area contributed by atoms with Crippen molar-refractivity contribution in [2.24, 2.45) is 5.14 Å². The van der Waals surface area contributed by atoms with Crippen LogP contribution < -0.4 is 10.5 Å². The molecule has 0 saturated heterocycles. The molecule has 0 unspecified atom stereocenters. The van der Waals surface area contributed by atoms with Crippen LogP contribution in [0.5, 0.6) is 0 Å². The fourth-order valence-corrected chi connectivity index (χ4v) is 2.39. The smallest absolute Gasteiger partial charge is 0.274 e. The summed E-state index contributed by atoms with van der Waals surface area (Å²) in [7, 11) is -3.88. The maximum atomic E-state index is 12.1. The number of pyridine rings is 1. The molecule has 6 nitrogen and oxygen atoms in total. The van der Waals surface area contributed by atoms with Crippen molar-refractivity contribution in [3.05, 3.63) is 52.8 Å². The van der Waals surface area contributed by atoms with E-state index in [4.69, 9.17) is 16.7 Å². The van der Waals surface area contributed by atoms with E-state index in [-0.39, 0.29) is 21.3 Å². The highest BCUT2D eigenvalue weighted by Crippen LogP contribution is 2.25. The number of carbonyl (C=O) groups excluding carboxylic acids is 1. The lowest BCUT2D eigenvalue weighted by Gasteiger charge is -2.09. The van der Waals surface area contributed by atoms with Crippen molar-refractivity contribution in [2.45, 2.75) is 11.8 Å². The van der Waals surface area contributed by atoms with Crippen LogP contribution in [0.4, 0.5) is 5.69 Å². The molecule has 0 radical (unpaired) electrons. The standard InChI is InChI=1S/C13H12ClN3O3S/c1-8-3-2-6-16-12(8)13(18)17-11-7-9(21(15,19)20)4-5-10(11)14/h2-7H,1H3,(H,17,18)(H2,15,19,20). The van der Waals surface area contributed by atoms with Crippen molar-refractivity contribution in [2.75, 3.05) is 5.32 Å². The number of aromatic nitrogens is 1. The maximum Gasteiger partial charge on any atom is 0.274 e. The molecular weight excluding hydrogens is 314 g/mol. The van der Waals surface area contributed by atoms with Gasteiger partial charge in [0.15, 0.2) is 0 Å². The van der Waals surface area contributed by atoms with Gasteiger partial charge in [0.1, 0.15) is 5.69 Å². The van der Waals surface area contributed by atoms with E-state index >= 15 is 0 Å². The van der Waals surface area contributed by atoms with Crippen LogP contribution in [-0.4, -0.2) is 19.3 Å². The fraction of sp³-hybridized carbons (Fsp3) is 0.0769. The number of hydrogen-bond donors (Lipinski definition) is 2. The third-order valence-electron chi connectivity index (χ3n) is 2.74. The van der Waals surface area contributed by atoms with Gasteiger partial charge >= 0.3 is 0 Å². The predicted molar refractivity (Wildman–Crippen MR) is 79.8 cm³/mol. The average molecular weight is 326 g/mol. The van der Waals surface area contributed by atoms with E-state index in [1.165, 1.54) is 24.4 Å². The van der Waals surface area contributed by atoms with Crippen molar-refractivity contribution < 1.29 is 13.2 Å². The maximum absolute atomic E-state index is 12.1. The second-order valence-corrected chi connectivity index (χ2v) is 6.28. The van der Waals surface area contributed by atoms with Crippen molar-refractivity contribution in [1.82, 2.24) is 4.98 Å². The molecule has 1 aromatic carbocycles. The first-order valence-electron chi connectivity index (χ1n) is 5.84. The van der Waals surface area contributed by atoms with Gasteiger partial charge < -0.3 is 5.32 Å². The van der Waals surface area contributed by atoms with Gasteiger partial charge in [-0.15, -0.1) is 0 Å². The SMILES string of the molecule is Cc1cccnc1C(=O)Nc1cc(S(N)(=O)=O)ccc1Cl. The number of nitrogens with zero attached hydrogens (tertiary/aromatic N) is 1.